The molecule has 0 aliphatic rings. The van der Waals surface area contributed by atoms with Gasteiger partial charge in [0.1, 0.15) is 0 Å². The molecule has 0 aliphatic carbocycles. The van der Waals surface area contributed by atoms with E-state index in [2.05, 4.69) is 63.5 Å². The molecule has 0 saturated carbocycles. The maximum Gasteiger partial charge on any atom is 0.00922 e. The van der Waals surface area contributed by atoms with Crippen molar-refractivity contribution in [2.24, 2.45) is 11.8 Å². The summed E-state index contributed by atoms with van der Waals surface area (Å²) >= 11 is 0. The summed E-state index contributed by atoms with van der Waals surface area (Å²) in [4.78, 5) is 0. The Morgan fingerprint density at radius 2 is 1.71 bits per heavy atom. The Morgan fingerprint density at radius 1 is 1.06 bits per heavy atom. The molecule has 0 fully saturated rings. The summed E-state index contributed by atoms with van der Waals surface area (Å²) in [5.41, 5.74) is 1.46. The van der Waals surface area contributed by atoms with Crippen molar-refractivity contribution < 1.29 is 0 Å². The first kappa shape index (κ1) is 14.2. The fourth-order valence-corrected chi connectivity index (χ4v) is 2.31. The average molecular weight is 233 g/mol. The second kappa shape index (κ2) is 7.50. The zero-order valence-electron chi connectivity index (χ0n) is 11.7. The molecule has 1 heteroatoms. The largest absolute Gasteiger partial charge is 0.317 e. The van der Waals surface area contributed by atoms with E-state index >= 15 is 0 Å². The van der Waals surface area contributed by atoms with Gasteiger partial charge in [-0.15, -0.1) is 0 Å². The first-order valence-corrected chi connectivity index (χ1v) is 6.86. The summed E-state index contributed by atoms with van der Waals surface area (Å²) in [6.45, 7) is 6.98. The van der Waals surface area contributed by atoms with Crippen LogP contribution < -0.4 is 5.32 Å². The van der Waals surface area contributed by atoms with Crippen LogP contribution in [0.2, 0.25) is 0 Å². The van der Waals surface area contributed by atoms with E-state index in [1.165, 1.54) is 24.8 Å². The van der Waals surface area contributed by atoms with Crippen LogP contribution in [0, 0.1) is 11.8 Å². The topological polar surface area (TPSA) is 12.0 Å². The standard InChI is InChI=1S/C16H27N/c1-13(2)14(3)16(17-4)12-8-11-15-9-6-5-7-10-15/h5-7,9-10,13-14,16-17H,8,11-12H2,1-4H3. The molecule has 1 N–H and O–H groups in total. The Hall–Kier alpha value is -0.820. The number of aryl methyl sites for hydroxylation is 1. The monoisotopic (exact) mass is 233 g/mol. The van der Waals surface area contributed by atoms with Crippen LogP contribution in [0.5, 0.6) is 0 Å². The Kier molecular flexibility index (Phi) is 6.28. The second-order valence-corrected chi connectivity index (χ2v) is 5.38. The fourth-order valence-electron chi connectivity index (χ4n) is 2.31. The first-order chi connectivity index (χ1) is 8.15. The van der Waals surface area contributed by atoms with Gasteiger partial charge in [-0.1, -0.05) is 51.1 Å². The maximum atomic E-state index is 3.47. The van der Waals surface area contributed by atoms with E-state index < -0.39 is 0 Å². The fraction of sp³-hybridized carbons (Fsp3) is 0.625. The van der Waals surface area contributed by atoms with E-state index in [0.717, 1.165) is 11.8 Å². The molecule has 0 spiro atoms. The van der Waals surface area contributed by atoms with Gasteiger partial charge in [0.05, 0.1) is 0 Å². The Bertz CT molecular complexity index is 292. The summed E-state index contributed by atoms with van der Waals surface area (Å²) in [6, 6.07) is 11.4. The maximum absolute atomic E-state index is 3.47. The van der Waals surface area contributed by atoms with Crippen molar-refractivity contribution in [2.45, 2.75) is 46.1 Å². The Morgan fingerprint density at radius 3 is 2.24 bits per heavy atom. The van der Waals surface area contributed by atoms with Crippen LogP contribution in [0.25, 0.3) is 0 Å². The van der Waals surface area contributed by atoms with Crippen molar-refractivity contribution >= 4 is 0 Å². The van der Waals surface area contributed by atoms with Crippen LogP contribution in [-0.2, 0) is 6.42 Å². The molecule has 17 heavy (non-hydrogen) atoms. The first-order valence-electron chi connectivity index (χ1n) is 6.86. The van der Waals surface area contributed by atoms with Gasteiger partial charge in [0, 0.05) is 6.04 Å². The van der Waals surface area contributed by atoms with E-state index in [9.17, 15) is 0 Å². The van der Waals surface area contributed by atoms with Crippen molar-refractivity contribution in [2.75, 3.05) is 7.05 Å². The summed E-state index contributed by atoms with van der Waals surface area (Å²) in [5.74, 6) is 1.50. The van der Waals surface area contributed by atoms with Gasteiger partial charge in [-0.05, 0) is 43.7 Å². The third-order valence-electron chi connectivity index (χ3n) is 3.88. The number of rotatable bonds is 7. The quantitative estimate of drug-likeness (QED) is 0.753. The predicted octanol–water partition coefficient (Wildman–Crippen LogP) is 3.89. The van der Waals surface area contributed by atoms with Gasteiger partial charge in [0.2, 0.25) is 0 Å². The zero-order chi connectivity index (χ0) is 12.7. The summed E-state index contributed by atoms with van der Waals surface area (Å²) in [7, 11) is 2.09. The molecule has 0 heterocycles. The van der Waals surface area contributed by atoms with Crippen molar-refractivity contribution in [3.8, 4) is 0 Å². The molecule has 2 unspecified atom stereocenters. The smallest absolute Gasteiger partial charge is 0.00922 e. The zero-order valence-corrected chi connectivity index (χ0v) is 11.7. The molecule has 0 amide bonds. The highest BCUT2D eigenvalue weighted by molar-refractivity contribution is 5.14. The highest BCUT2D eigenvalue weighted by atomic mass is 14.9. The second-order valence-electron chi connectivity index (χ2n) is 5.38. The highest BCUT2D eigenvalue weighted by Crippen LogP contribution is 2.18. The lowest BCUT2D eigenvalue weighted by molar-refractivity contribution is 0.294. The number of nitrogens with one attached hydrogen (secondary N) is 1. The minimum absolute atomic E-state index is 0.652. The summed E-state index contributed by atoms with van der Waals surface area (Å²) in [5, 5.41) is 3.47. The summed E-state index contributed by atoms with van der Waals surface area (Å²) < 4.78 is 0. The molecule has 0 bridgehead atoms. The lowest BCUT2D eigenvalue weighted by Gasteiger charge is -2.26. The van der Waals surface area contributed by atoms with Gasteiger partial charge in [-0.25, -0.2) is 0 Å². The van der Waals surface area contributed by atoms with Crippen LogP contribution in [0.15, 0.2) is 30.3 Å². The van der Waals surface area contributed by atoms with E-state index in [4.69, 9.17) is 0 Å². The molecule has 0 aliphatic heterocycles. The third-order valence-corrected chi connectivity index (χ3v) is 3.88. The van der Waals surface area contributed by atoms with Gasteiger partial charge >= 0.3 is 0 Å². The van der Waals surface area contributed by atoms with Crippen molar-refractivity contribution in [1.29, 1.82) is 0 Å². The van der Waals surface area contributed by atoms with Crippen molar-refractivity contribution in [3.05, 3.63) is 35.9 Å². The van der Waals surface area contributed by atoms with Crippen LogP contribution in [0.3, 0.4) is 0 Å². The van der Waals surface area contributed by atoms with Crippen LogP contribution in [0.4, 0.5) is 0 Å². The van der Waals surface area contributed by atoms with E-state index in [1.807, 2.05) is 0 Å². The molecule has 1 aromatic carbocycles. The van der Waals surface area contributed by atoms with E-state index in [0.29, 0.717) is 6.04 Å². The summed E-state index contributed by atoms with van der Waals surface area (Å²) in [6.07, 6.45) is 3.74. The average Bonchev–Trinajstić information content (AvgIpc) is 2.35. The molecule has 1 rings (SSSR count). The lowest BCUT2D eigenvalue weighted by Crippen LogP contribution is -2.34. The van der Waals surface area contributed by atoms with E-state index in [1.54, 1.807) is 0 Å². The number of hydrogen-bond acceptors (Lipinski definition) is 1. The van der Waals surface area contributed by atoms with E-state index in [-0.39, 0.29) is 0 Å². The molecule has 0 radical (unpaired) electrons. The number of hydrogen-bond donors (Lipinski definition) is 1. The molecule has 1 aromatic rings. The van der Waals surface area contributed by atoms with Gasteiger partial charge < -0.3 is 5.32 Å². The van der Waals surface area contributed by atoms with Gasteiger partial charge in [0.15, 0.2) is 0 Å². The minimum Gasteiger partial charge on any atom is -0.317 e. The van der Waals surface area contributed by atoms with Crippen LogP contribution >= 0.6 is 0 Å². The molecule has 96 valence electrons. The van der Waals surface area contributed by atoms with Gasteiger partial charge in [0.25, 0.3) is 0 Å². The molecule has 1 nitrogen and oxygen atoms in total. The molecule has 0 aromatic heterocycles. The van der Waals surface area contributed by atoms with Crippen molar-refractivity contribution in [1.82, 2.24) is 5.32 Å². The number of benzene rings is 1. The van der Waals surface area contributed by atoms with Crippen molar-refractivity contribution in [3.63, 3.8) is 0 Å². The highest BCUT2D eigenvalue weighted by Gasteiger charge is 2.17. The SMILES string of the molecule is CNC(CCCc1ccccc1)C(C)C(C)C. The van der Waals surface area contributed by atoms with Gasteiger partial charge in [-0.2, -0.15) is 0 Å². The Labute approximate surface area is 107 Å². The van der Waals surface area contributed by atoms with Gasteiger partial charge in [-0.3, -0.25) is 0 Å². The molecule has 2 atom stereocenters. The van der Waals surface area contributed by atoms with Crippen LogP contribution in [-0.4, -0.2) is 13.1 Å². The lowest BCUT2D eigenvalue weighted by atomic mass is 9.87. The molecular weight excluding hydrogens is 206 g/mol. The third kappa shape index (κ3) is 4.91. The molecule has 0 saturated heterocycles. The van der Waals surface area contributed by atoms with Crippen LogP contribution in [0.1, 0.15) is 39.2 Å². The minimum atomic E-state index is 0.652. The molecular formula is C16H27N. The predicted molar refractivity (Wildman–Crippen MR) is 76.2 cm³/mol. The Balaban J connectivity index is 2.34. The normalized spacial score (nSPS) is 14.9.